The van der Waals surface area contributed by atoms with Gasteiger partial charge in [0.15, 0.2) is 0 Å². The highest BCUT2D eigenvalue weighted by atomic mass is 19.1. The highest BCUT2D eigenvalue weighted by molar-refractivity contribution is 5.74. The summed E-state index contributed by atoms with van der Waals surface area (Å²) in [4.78, 5) is 11.5. The third-order valence-corrected chi connectivity index (χ3v) is 2.70. The summed E-state index contributed by atoms with van der Waals surface area (Å²) in [5.41, 5.74) is 0. The monoisotopic (exact) mass is 284 g/mol. The minimum absolute atomic E-state index is 0.121. The minimum atomic E-state index is -0.368. The molecule has 0 spiro atoms. The zero-order valence-corrected chi connectivity index (χ0v) is 11.7. The zero-order valence-electron chi connectivity index (χ0n) is 11.7. The van der Waals surface area contributed by atoms with Gasteiger partial charge in [0.25, 0.3) is 0 Å². The molecule has 6 heteroatoms. The Morgan fingerprint density at radius 2 is 2.25 bits per heavy atom. The number of hydrogen-bond donors (Lipinski definition) is 3. The van der Waals surface area contributed by atoms with E-state index in [-0.39, 0.29) is 30.6 Å². The van der Waals surface area contributed by atoms with Crippen LogP contribution in [0.25, 0.3) is 0 Å². The van der Waals surface area contributed by atoms with Crippen LogP contribution < -0.4 is 15.4 Å². The van der Waals surface area contributed by atoms with E-state index >= 15 is 0 Å². The van der Waals surface area contributed by atoms with Crippen molar-refractivity contribution in [3.63, 3.8) is 0 Å². The van der Waals surface area contributed by atoms with Crippen LogP contribution >= 0.6 is 0 Å². The highest BCUT2D eigenvalue weighted by Crippen LogP contribution is 2.14. The van der Waals surface area contributed by atoms with E-state index in [2.05, 4.69) is 10.6 Å². The van der Waals surface area contributed by atoms with Gasteiger partial charge in [0.2, 0.25) is 0 Å². The molecule has 5 nitrogen and oxygen atoms in total. The topological polar surface area (TPSA) is 70.6 Å². The zero-order chi connectivity index (χ0) is 15.0. The number of halogens is 1. The summed E-state index contributed by atoms with van der Waals surface area (Å²) in [6, 6.07) is 5.21. The van der Waals surface area contributed by atoms with E-state index in [9.17, 15) is 9.18 Å². The Morgan fingerprint density at radius 1 is 1.50 bits per heavy atom. The Hall–Kier alpha value is -1.82. The summed E-state index contributed by atoms with van der Waals surface area (Å²) in [5.74, 6) is 0.0719. The molecule has 2 atom stereocenters. The van der Waals surface area contributed by atoms with E-state index in [1.807, 2.05) is 6.92 Å². The second-order valence-electron chi connectivity index (χ2n) is 4.54. The van der Waals surface area contributed by atoms with Crippen molar-refractivity contribution in [2.24, 2.45) is 0 Å². The molecule has 1 aromatic carbocycles. The molecule has 0 radical (unpaired) electrons. The molecule has 1 aromatic rings. The van der Waals surface area contributed by atoms with Gasteiger partial charge in [-0.2, -0.15) is 0 Å². The van der Waals surface area contributed by atoms with Crippen molar-refractivity contribution in [1.29, 1.82) is 0 Å². The summed E-state index contributed by atoms with van der Waals surface area (Å²) in [7, 11) is 0. The number of ether oxygens (including phenoxy) is 1. The summed E-state index contributed by atoms with van der Waals surface area (Å²) in [6.07, 6.45) is 0.429. The summed E-state index contributed by atoms with van der Waals surface area (Å²) < 4.78 is 18.6. The number of benzene rings is 1. The van der Waals surface area contributed by atoms with Gasteiger partial charge in [-0.1, -0.05) is 13.0 Å². The third-order valence-electron chi connectivity index (χ3n) is 2.70. The van der Waals surface area contributed by atoms with Crippen LogP contribution in [0.2, 0.25) is 0 Å². The molecule has 0 bridgehead atoms. The van der Waals surface area contributed by atoms with Gasteiger partial charge in [-0.25, -0.2) is 9.18 Å². The average molecular weight is 284 g/mol. The SMILES string of the molecule is CCC(CNC(=O)N[C@@H](C)CO)Oc1cccc(F)c1. The molecule has 1 unspecified atom stereocenters. The lowest BCUT2D eigenvalue weighted by molar-refractivity contribution is 0.185. The lowest BCUT2D eigenvalue weighted by Gasteiger charge is -2.19. The van der Waals surface area contributed by atoms with Crippen LogP contribution in [0.5, 0.6) is 5.75 Å². The van der Waals surface area contributed by atoms with Gasteiger partial charge in [-0.3, -0.25) is 0 Å². The minimum Gasteiger partial charge on any atom is -0.489 e. The Bertz CT molecular complexity index is 429. The van der Waals surface area contributed by atoms with Crippen molar-refractivity contribution in [2.45, 2.75) is 32.4 Å². The summed E-state index contributed by atoms with van der Waals surface area (Å²) in [6.45, 7) is 3.79. The van der Waals surface area contributed by atoms with Crippen LogP contribution in [0.1, 0.15) is 20.3 Å². The van der Waals surface area contributed by atoms with Gasteiger partial charge in [0.1, 0.15) is 17.7 Å². The molecular weight excluding hydrogens is 263 g/mol. The number of nitrogens with one attached hydrogen (secondary N) is 2. The van der Waals surface area contributed by atoms with E-state index < -0.39 is 0 Å². The standard InChI is InChI=1S/C14H21FN2O3/c1-3-12(8-16-14(19)17-10(2)9-18)20-13-6-4-5-11(15)7-13/h4-7,10,12,18H,3,8-9H2,1-2H3,(H2,16,17,19)/t10-,12?/m0/s1. The molecule has 0 aromatic heterocycles. The third kappa shape index (κ3) is 5.88. The van der Waals surface area contributed by atoms with Gasteiger partial charge in [-0.05, 0) is 25.5 Å². The molecule has 0 aliphatic heterocycles. The number of aliphatic hydroxyl groups excluding tert-OH is 1. The highest BCUT2D eigenvalue weighted by Gasteiger charge is 2.11. The molecule has 0 heterocycles. The van der Waals surface area contributed by atoms with Crippen molar-refractivity contribution in [2.75, 3.05) is 13.2 Å². The van der Waals surface area contributed by atoms with Crippen LogP contribution in [-0.4, -0.2) is 36.4 Å². The van der Waals surface area contributed by atoms with E-state index in [1.165, 1.54) is 12.1 Å². The first-order valence-corrected chi connectivity index (χ1v) is 6.62. The van der Waals surface area contributed by atoms with E-state index in [4.69, 9.17) is 9.84 Å². The number of carbonyl (C=O) groups excluding carboxylic acids is 1. The fourth-order valence-corrected chi connectivity index (χ4v) is 1.53. The molecule has 0 aliphatic rings. The van der Waals surface area contributed by atoms with E-state index in [1.54, 1.807) is 19.1 Å². The van der Waals surface area contributed by atoms with Crippen LogP contribution in [0.4, 0.5) is 9.18 Å². The molecule has 3 N–H and O–H groups in total. The van der Waals surface area contributed by atoms with Gasteiger partial charge in [-0.15, -0.1) is 0 Å². The molecule has 2 amide bonds. The molecular formula is C14H21FN2O3. The molecule has 0 aliphatic carbocycles. The maximum absolute atomic E-state index is 13.0. The predicted octanol–water partition coefficient (Wildman–Crippen LogP) is 1.66. The molecule has 0 saturated heterocycles. The first-order valence-electron chi connectivity index (χ1n) is 6.62. The predicted molar refractivity (Wildman–Crippen MR) is 74.2 cm³/mol. The molecule has 112 valence electrons. The van der Waals surface area contributed by atoms with Crippen molar-refractivity contribution in [1.82, 2.24) is 10.6 Å². The lowest BCUT2D eigenvalue weighted by atomic mass is 10.2. The lowest BCUT2D eigenvalue weighted by Crippen LogP contribution is -2.45. The van der Waals surface area contributed by atoms with E-state index in [0.29, 0.717) is 18.7 Å². The van der Waals surface area contributed by atoms with Gasteiger partial charge in [0.05, 0.1) is 19.2 Å². The average Bonchev–Trinajstić information content (AvgIpc) is 2.43. The quantitative estimate of drug-likeness (QED) is 0.713. The Balaban J connectivity index is 2.41. The number of carbonyl (C=O) groups is 1. The maximum Gasteiger partial charge on any atom is 0.315 e. The summed E-state index contributed by atoms with van der Waals surface area (Å²) >= 11 is 0. The largest absolute Gasteiger partial charge is 0.489 e. The number of amides is 2. The van der Waals surface area contributed by atoms with Crippen molar-refractivity contribution in [3.05, 3.63) is 30.1 Å². The van der Waals surface area contributed by atoms with Crippen molar-refractivity contribution < 1.29 is 19.0 Å². The van der Waals surface area contributed by atoms with Crippen LogP contribution in [0.15, 0.2) is 24.3 Å². The second kappa shape index (κ2) is 8.37. The molecule has 20 heavy (non-hydrogen) atoms. The molecule has 1 rings (SSSR count). The van der Waals surface area contributed by atoms with Crippen molar-refractivity contribution >= 4 is 6.03 Å². The Kier molecular flexibility index (Phi) is 6.79. The molecule has 0 saturated carbocycles. The van der Waals surface area contributed by atoms with Crippen LogP contribution in [0.3, 0.4) is 0 Å². The van der Waals surface area contributed by atoms with Crippen molar-refractivity contribution in [3.8, 4) is 5.75 Å². The fraction of sp³-hybridized carbons (Fsp3) is 0.500. The fourth-order valence-electron chi connectivity index (χ4n) is 1.53. The molecule has 0 fully saturated rings. The summed E-state index contributed by atoms with van der Waals surface area (Å²) in [5, 5.41) is 14.0. The van der Waals surface area contributed by atoms with Gasteiger partial charge < -0.3 is 20.5 Å². The number of aliphatic hydroxyl groups is 1. The van der Waals surface area contributed by atoms with Crippen LogP contribution in [-0.2, 0) is 0 Å². The first kappa shape index (κ1) is 16.2. The number of urea groups is 1. The van der Waals surface area contributed by atoms with Crippen LogP contribution in [0, 0.1) is 5.82 Å². The normalized spacial score (nSPS) is 13.4. The smallest absolute Gasteiger partial charge is 0.315 e. The maximum atomic E-state index is 13.0. The first-order chi connectivity index (χ1) is 9.55. The number of rotatable bonds is 7. The van der Waals surface area contributed by atoms with Gasteiger partial charge in [0, 0.05) is 6.07 Å². The van der Waals surface area contributed by atoms with Gasteiger partial charge >= 0.3 is 6.03 Å². The Labute approximate surface area is 118 Å². The second-order valence-corrected chi connectivity index (χ2v) is 4.54. The Morgan fingerprint density at radius 3 is 2.85 bits per heavy atom. The number of hydrogen-bond acceptors (Lipinski definition) is 3. The van der Waals surface area contributed by atoms with E-state index in [0.717, 1.165) is 0 Å².